The van der Waals surface area contributed by atoms with Gasteiger partial charge < -0.3 is 10.6 Å². The van der Waals surface area contributed by atoms with Crippen molar-refractivity contribution in [3.63, 3.8) is 0 Å². The van der Waals surface area contributed by atoms with E-state index in [0.717, 1.165) is 17.0 Å². The van der Waals surface area contributed by atoms with Gasteiger partial charge in [0.15, 0.2) is 5.82 Å². The topological polar surface area (TPSA) is 102 Å². The Morgan fingerprint density at radius 2 is 1.74 bits per heavy atom. The fraction of sp³-hybridized carbons (Fsp3) is 0.160. The van der Waals surface area contributed by atoms with Crippen molar-refractivity contribution in [1.82, 2.24) is 20.0 Å². The molecule has 0 spiro atoms. The maximum Gasteiger partial charge on any atom is 0.257 e. The summed E-state index contributed by atoms with van der Waals surface area (Å²) in [6.07, 6.45) is 0. The van der Waals surface area contributed by atoms with Crippen LogP contribution < -0.4 is 10.6 Å². The van der Waals surface area contributed by atoms with E-state index in [0.29, 0.717) is 27.8 Å². The smallest absolute Gasteiger partial charge is 0.257 e. The van der Waals surface area contributed by atoms with Crippen molar-refractivity contribution in [2.24, 2.45) is 0 Å². The summed E-state index contributed by atoms with van der Waals surface area (Å²) in [5.74, 6) is 0.208. The first-order chi connectivity index (χ1) is 16.4. The lowest BCUT2D eigenvalue weighted by molar-refractivity contribution is -0.113. The van der Waals surface area contributed by atoms with Crippen LogP contribution in [-0.2, 0) is 4.79 Å². The molecule has 0 aliphatic rings. The summed E-state index contributed by atoms with van der Waals surface area (Å²) in [7, 11) is 0. The van der Waals surface area contributed by atoms with Crippen LogP contribution in [0.25, 0.3) is 5.82 Å². The molecule has 4 aromatic rings. The highest BCUT2D eigenvalue weighted by Gasteiger charge is 2.14. The quantitative estimate of drug-likeness (QED) is 0.382. The third kappa shape index (κ3) is 5.68. The van der Waals surface area contributed by atoms with Gasteiger partial charge in [-0.15, -0.1) is 10.2 Å². The van der Waals surface area contributed by atoms with Gasteiger partial charge in [0, 0.05) is 11.4 Å². The van der Waals surface area contributed by atoms with Crippen molar-refractivity contribution in [1.29, 1.82) is 0 Å². The van der Waals surface area contributed by atoms with Crippen LogP contribution in [0.15, 0.2) is 71.8 Å². The highest BCUT2D eigenvalue weighted by Crippen LogP contribution is 2.20. The molecule has 0 fully saturated rings. The molecule has 2 aromatic heterocycles. The summed E-state index contributed by atoms with van der Waals surface area (Å²) in [6.45, 7) is 5.83. The molecule has 0 aliphatic heterocycles. The SMILES string of the molecule is Cc1cccc(NC(=O)c2ccccc2NC(=O)CSc2ccc(-n3nc(C)cc3C)nn2)c1. The molecule has 2 aromatic carbocycles. The summed E-state index contributed by atoms with van der Waals surface area (Å²) in [4.78, 5) is 25.4. The number of para-hydroxylation sites is 1. The standard InChI is InChI=1S/C25H24N6O2S/c1-16-7-6-8-19(13-16)26-25(33)20-9-4-5-10-21(20)27-23(32)15-34-24-12-11-22(28-29-24)31-18(3)14-17(2)30-31/h4-14H,15H2,1-3H3,(H,26,33)(H,27,32). The normalized spacial score (nSPS) is 10.7. The maximum absolute atomic E-state index is 12.8. The predicted molar refractivity (Wildman–Crippen MR) is 134 cm³/mol. The minimum absolute atomic E-state index is 0.127. The van der Waals surface area contributed by atoms with Crippen molar-refractivity contribution >= 4 is 35.0 Å². The van der Waals surface area contributed by atoms with Crippen LogP contribution in [0.4, 0.5) is 11.4 Å². The highest BCUT2D eigenvalue weighted by molar-refractivity contribution is 7.99. The Bertz CT molecular complexity index is 1330. The summed E-state index contributed by atoms with van der Waals surface area (Å²) in [5.41, 5.74) is 4.45. The summed E-state index contributed by atoms with van der Waals surface area (Å²) >= 11 is 1.26. The van der Waals surface area contributed by atoms with E-state index in [-0.39, 0.29) is 17.6 Å². The van der Waals surface area contributed by atoms with Crippen molar-refractivity contribution in [2.75, 3.05) is 16.4 Å². The van der Waals surface area contributed by atoms with Crippen LogP contribution in [0.1, 0.15) is 27.3 Å². The molecular formula is C25H24N6O2S. The maximum atomic E-state index is 12.8. The number of aryl methyl sites for hydroxylation is 3. The Morgan fingerprint density at radius 3 is 2.44 bits per heavy atom. The summed E-state index contributed by atoms with van der Waals surface area (Å²) in [6, 6.07) is 20.0. The molecule has 2 N–H and O–H groups in total. The number of carbonyl (C=O) groups is 2. The molecule has 2 amide bonds. The Balaban J connectivity index is 1.37. The minimum Gasteiger partial charge on any atom is -0.325 e. The number of anilines is 2. The molecule has 0 aliphatic carbocycles. The van der Waals surface area contributed by atoms with Crippen LogP contribution in [0, 0.1) is 20.8 Å². The lowest BCUT2D eigenvalue weighted by Crippen LogP contribution is -2.19. The van der Waals surface area contributed by atoms with Gasteiger partial charge in [0.2, 0.25) is 5.91 Å². The second-order valence-electron chi connectivity index (χ2n) is 7.77. The van der Waals surface area contributed by atoms with Gasteiger partial charge in [-0.1, -0.05) is 36.0 Å². The molecule has 4 rings (SSSR count). The van der Waals surface area contributed by atoms with Gasteiger partial charge in [-0.05, 0) is 68.8 Å². The molecule has 0 atom stereocenters. The first kappa shape index (κ1) is 23.2. The fourth-order valence-electron chi connectivity index (χ4n) is 3.40. The second-order valence-corrected chi connectivity index (χ2v) is 8.77. The van der Waals surface area contributed by atoms with Crippen molar-refractivity contribution in [2.45, 2.75) is 25.8 Å². The van der Waals surface area contributed by atoms with Crippen LogP contribution in [0.5, 0.6) is 0 Å². The largest absolute Gasteiger partial charge is 0.325 e. The molecule has 34 heavy (non-hydrogen) atoms. The minimum atomic E-state index is -0.292. The van der Waals surface area contributed by atoms with Crippen molar-refractivity contribution in [3.8, 4) is 5.82 Å². The van der Waals surface area contributed by atoms with Crippen LogP contribution >= 0.6 is 11.8 Å². The van der Waals surface area contributed by atoms with Gasteiger partial charge in [-0.3, -0.25) is 9.59 Å². The number of aromatic nitrogens is 4. The van der Waals surface area contributed by atoms with Crippen molar-refractivity contribution < 1.29 is 9.59 Å². The zero-order chi connectivity index (χ0) is 24.1. The number of amides is 2. The molecule has 0 unspecified atom stereocenters. The average Bonchev–Trinajstić information content (AvgIpc) is 3.16. The number of benzene rings is 2. The molecular weight excluding hydrogens is 448 g/mol. The zero-order valence-electron chi connectivity index (χ0n) is 19.1. The van der Waals surface area contributed by atoms with Gasteiger partial charge >= 0.3 is 0 Å². The van der Waals surface area contributed by atoms with Crippen LogP contribution in [0.2, 0.25) is 0 Å². The van der Waals surface area contributed by atoms with Crippen LogP contribution in [-0.4, -0.2) is 37.5 Å². The van der Waals surface area contributed by atoms with E-state index in [9.17, 15) is 9.59 Å². The number of hydrogen-bond acceptors (Lipinski definition) is 6. The number of nitrogens with one attached hydrogen (secondary N) is 2. The lowest BCUT2D eigenvalue weighted by atomic mass is 10.1. The number of thioether (sulfide) groups is 1. The van der Waals surface area contributed by atoms with Gasteiger partial charge in [-0.2, -0.15) is 5.10 Å². The summed E-state index contributed by atoms with van der Waals surface area (Å²) < 4.78 is 1.72. The van der Waals surface area contributed by atoms with Crippen LogP contribution in [0.3, 0.4) is 0 Å². The molecule has 0 radical (unpaired) electrons. The average molecular weight is 473 g/mol. The van der Waals surface area contributed by atoms with Gasteiger partial charge in [0.05, 0.1) is 22.7 Å². The number of carbonyl (C=O) groups excluding carboxylic acids is 2. The molecule has 0 saturated carbocycles. The predicted octanol–water partition coefficient (Wildman–Crippen LogP) is 4.57. The number of rotatable bonds is 7. The molecule has 172 valence electrons. The van der Waals surface area contributed by atoms with E-state index < -0.39 is 0 Å². The number of nitrogens with zero attached hydrogens (tertiary/aromatic N) is 4. The van der Waals surface area contributed by atoms with E-state index >= 15 is 0 Å². The third-order valence-corrected chi connectivity index (χ3v) is 5.85. The number of hydrogen-bond donors (Lipinski definition) is 2. The van der Waals surface area contributed by atoms with Gasteiger partial charge in [0.1, 0.15) is 5.03 Å². The van der Waals surface area contributed by atoms with E-state index in [1.807, 2.05) is 57.2 Å². The van der Waals surface area contributed by atoms with E-state index in [1.165, 1.54) is 11.8 Å². The van der Waals surface area contributed by atoms with E-state index in [4.69, 9.17) is 0 Å². The Kier molecular flexibility index (Phi) is 7.03. The Morgan fingerprint density at radius 1 is 0.912 bits per heavy atom. The lowest BCUT2D eigenvalue weighted by Gasteiger charge is -2.12. The first-order valence-corrected chi connectivity index (χ1v) is 11.6. The second kappa shape index (κ2) is 10.3. The fourth-order valence-corrected chi connectivity index (χ4v) is 4.01. The molecule has 0 bridgehead atoms. The van der Waals surface area contributed by atoms with Gasteiger partial charge in [-0.25, -0.2) is 4.68 Å². The van der Waals surface area contributed by atoms with Crippen molar-refractivity contribution in [3.05, 3.63) is 89.2 Å². The Labute approximate surface area is 201 Å². The molecule has 8 nitrogen and oxygen atoms in total. The molecule has 9 heteroatoms. The summed E-state index contributed by atoms with van der Waals surface area (Å²) in [5, 5.41) is 19.1. The highest BCUT2D eigenvalue weighted by atomic mass is 32.2. The molecule has 0 saturated heterocycles. The third-order valence-electron chi connectivity index (χ3n) is 4.93. The van der Waals surface area contributed by atoms with Gasteiger partial charge in [0.25, 0.3) is 5.91 Å². The molecule has 2 heterocycles. The zero-order valence-corrected chi connectivity index (χ0v) is 19.9. The monoisotopic (exact) mass is 472 g/mol. The van der Waals surface area contributed by atoms with E-state index in [2.05, 4.69) is 25.9 Å². The van der Waals surface area contributed by atoms with E-state index in [1.54, 1.807) is 35.0 Å². The Hall–Kier alpha value is -3.98. The first-order valence-electron chi connectivity index (χ1n) is 10.7.